The fraction of sp³-hybridized carbons (Fsp3) is 0.176. The second-order valence-corrected chi connectivity index (χ2v) is 6.02. The molecule has 0 aliphatic carbocycles. The van der Waals surface area contributed by atoms with Gasteiger partial charge in [0.15, 0.2) is 5.02 Å². The van der Waals surface area contributed by atoms with Crippen molar-refractivity contribution in [2.45, 2.75) is 13.5 Å². The molecule has 8 nitrogen and oxygen atoms in total. The van der Waals surface area contributed by atoms with Crippen LogP contribution in [0.4, 0.5) is 8.78 Å². The molecule has 146 valence electrons. The van der Waals surface area contributed by atoms with Crippen LogP contribution in [0.5, 0.6) is 5.88 Å². The predicted molar refractivity (Wildman–Crippen MR) is 93.8 cm³/mol. The summed E-state index contributed by atoms with van der Waals surface area (Å²) in [5.74, 6) is -2.27. The normalized spacial score (nSPS) is 10.9. The minimum Gasteiger partial charge on any atom is -0.471 e. The summed E-state index contributed by atoms with van der Waals surface area (Å²) in [4.78, 5) is 28.2. The third-order valence-electron chi connectivity index (χ3n) is 3.76. The lowest BCUT2D eigenvalue weighted by Gasteiger charge is -2.12. The molecule has 0 amide bonds. The van der Waals surface area contributed by atoms with Crippen LogP contribution in [0.15, 0.2) is 35.4 Å². The summed E-state index contributed by atoms with van der Waals surface area (Å²) in [5.41, 5.74) is -0.431. The minimum atomic E-state index is -0.804. The standard InChI is InChI=1S/C17H13ClF2N4O4/c1-9-22-16(28-8-10-2-3-11(19)4-13(10)20)15(18)17(27)24(9)12-5-21-23(6-12)14(26)7-25/h2-6,25H,7-8H2,1H3. The zero-order valence-corrected chi connectivity index (χ0v) is 15.2. The van der Waals surface area contributed by atoms with Gasteiger partial charge in [0.1, 0.15) is 30.7 Å². The van der Waals surface area contributed by atoms with E-state index in [4.69, 9.17) is 21.4 Å². The van der Waals surface area contributed by atoms with Gasteiger partial charge in [0.05, 0.1) is 18.1 Å². The molecule has 0 radical (unpaired) electrons. The molecule has 3 rings (SSSR count). The molecule has 0 bridgehead atoms. The maximum Gasteiger partial charge on any atom is 0.280 e. The minimum absolute atomic E-state index is 0.0601. The number of aryl methyl sites for hydroxylation is 1. The summed E-state index contributed by atoms with van der Waals surface area (Å²) in [6.45, 7) is 0.430. The highest BCUT2D eigenvalue weighted by Crippen LogP contribution is 2.21. The number of halogens is 3. The summed E-state index contributed by atoms with van der Waals surface area (Å²) in [5, 5.41) is 12.3. The molecule has 0 unspecified atom stereocenters. The fourth-order valence-corrected chi connectivity index (χ4v) is 2.59. The molecule has 11 heteroatoms. The van der Waals surface area contributed by atoms with Crippen LogP contribution in [-0.4, -0.2) is 37.0 Å². The monoisotopic (exact) mass is 410 g/mol. The molecule has 1 N–H and O–H groups in total. The Morgan fingerprint density at radius 3 is 2.79 bits per heavy atom. The summed E-state index contributed by atoms with van der Waals surface area (Å²) >= 11 is 6.04. The number of aliphatic hydroxyl groups excluding tert-OH is 1. The van der Waals surface area contributed by atoms with Gasteiger partial charge in [-0.3, -0.25) is 14.2 Å². The molecule has 0 atom stereocenters. The van der Waals surface area contributed by atoms with Crippen molar-refractivity contribution in [3.63, 3.8) is 0 Å². The van der Waals surface area contributed by atoms with Crippen LogP contribution in [0, 0.1) is 18.6 Å². The topological polar surface area (TPSA) is 99.2 Å². The number of carbonyl (C=O) groups is 1. The molecule has 0 aliphatic heterocycles. The van der Waals surface area contributed by atoms with Crippen LogP contribution in [0.25, 0.3) is 5.69 Å². The number of hydrogen-bond donors (Lipinski definition) is 1. The SMILES string of the molecule is Cc1nc(OCc2ccc(F)cc2F)c(Cl)c(=O)n1-c1cnn(C(=O)CO)c1. The zero-order chi connectivity index (χ0) is 20.4. The van der Waals surface area contributed by atoms with Crippen molar-refractivity contribution < 1.29 is 23.4 Å². The number of hydrogen-bond acceptors (Lipinski definition) is 6. The number of benzene rings is 1. The molecule has 0 aliphatic rings. The molecule has 1 aromatic carbocycles. The Bertz CT molecular complexity index is 1110. The number of ether oxygens (including phenoxy) is 1. The van der Waals surface area contributed by atoms with Gasteiger partial charge in [-0.25, -0.2) is 13.5 Å². The zero-order valence-electron chi connectivity index (χ0n) is 14.4. The molecule has 28 heavy (non-hydrogen) atoms. The van der Waals surface area contributed by atoms with E-state index in [0.29, 0.717) is 6.07 Å². The molecule has 0 saturated heterocycles. The highest BCUT2D eigenvalue weighted by atomic mass is 35.5. The Labute approximate surface area is 161 Å². The average Bonchev–Trinajstić information content (AvgIpc) is 3.13. The van der Waals surface area contributed by atoms with Gasteiger partial charge in [-0.15, -0.1) is 0 Å². The third-order valence-corrected chi connectivity index (χ3v) is 4.09. The number of carbonyl (C=O) groups excluding carboxylic acids is 1. The lowest BCUT2D eigenvalue weighted by Crippen LogP contribution is -2.23. The molecule has 0 saturated carbocycles. The Morgan fingerprint density at radius 2 is 2.11 bits per heavy atom. The Morgan fingerprint density at radius 1 is 1.36 bits per heavy atom. The van der Waals surface area contributed by atoms with Gasteiger partial charge >= 0.3 is 0 Å². The summed E-state index contributed by atoms with van der Waals surface area (Å²) in [6, 6.07) is 2.99. The number of aromatic nitrogens is 4. The average molecular weight is 411 g/mol. The van der Waals surface area contributed by atoms with Crippen molar-refractivity contribution in [2.75, 3.05) is 6.61 Å². The van der Waals surface area contributed by atoms with Crippen molar-refractivity contribution in [1.29, 1.82) is 0 Å². The van der Waals surface area contributed by atoms with E-state index in [1.165, 1.54) is 25.4 Å². The molecule has 3 aromatic rings. The number of rotatable bonds is 5. The summed E-state index contributed by atoms with van der Waals surface area (Å²) < 4.78 is 34.0. The van der Waals surface area contributed by atoms with Crippen LogP contribution < -0.4 is 10.3 Å². The van der Waals surface area contributed by atoms with Gasteiger partial charge < -0.3 is 9.84 Å². The summed E-state index contributed by atoms with van der Waals surface area (Å²) in [6.07, 6.45) is 2.47. The lowest BCUT2D eigenvalue weighted by atomic mass is 10.2. The first-order valence-corrected chi connectivity index (χ1v) is 8.24. The van der Waals surface area contributed by atoms with E-state index in [-0.39, 0.29) is 34.6 Å². The van der Waals surface area contributed by atoms with Gasteiger partial charge in [-0.2, -0.15) is 10.1 Å². The molecule has 2 aromatic heterocycles. The van der Waals surface area contributed by atoms with E-state index >= 15 is 0 Å². The van der Waals surface area contributed by atoms with Gasteiger partial charge in [0.2, 0.25) is 5.88 Å². The van der Waals surface area contributed by atoms with Crippen LogP contribution in [-0.2, 0) is 6.61 Å². The van der Waals surface area contributed by atoms with E-state index in [1.807, 2.05) is 0 Å². The van der Waals surface area contributed by atoms with Crippen molar-refractivity contribution in [2.24, 2.45) is 0 Å². The van der Waals surface area contributed by atoms with Gasteiger partial charge in [-0.1, -0.05) is 11.6 Å². The van der Waals surface area contributed by atoms with Crippen molar-refractivity contribution >= 4 is 17.5 Å². The van der Waals surface area contributed by atoms with Crippen LogP contribution in [0.2, 0.25) is 5.02 Å². The van der Waals surface area contributed by atoms with Gasteiger partial charge in [0.25, 0.3) is 11.5 Å². The fourth-order valence-electron chi connectivity index (χ4n) is 2.40. The second kappa shape index (κ2) is 7.87. The number of aliphatic hydroxyl groups is 1. The van der Waals surface area contributed by atoms with Gasteiger partial charge in [0, 0.05) is 11.6 Å². The molecule has 0 fully saturated rings. The van der Waals surface area contributed by atoms with E-state index in [2.05, 4.69) is 10.1 Å². The van der Waals surface area contributed by atoms with E-state index in [9.17, 15) is 18.4 Å². The third kappa shape index (κ3) is 3.78. The highest BCUT2D eigenvalue weighted by Gasteiger charge is 2.18. The number of nitrogens with zero attached hydrogens (tertiary/aromatic N) is 4. The van der Waals surface area contributed by atoms with Gasteiger partial charge in [-0.05, 0) is 19.1 Å². The van der Waals surface area contributed by atoms with E-state index in [0.717, 1.165) is 15.3 Å². The van der Waals surface area contributed by atoms with Crippen molar-refractivity contribution in [3.05, 3.63) is 69.0 Å². The Kier molecular flexibility index (Phi) is 5.52. The molecular weight excluding hydrogens is 398 g/mol. The van der Waals surface area contributed by atoms with Crippen molar-refractivity contribution in [1.82, 2.24) is 19.3 Å². The maximum atomic E-state index is 13.7. The lowest BCUT2D eigenvalue weighted by molar-refractivity contribution is 0.0802. The smallest absolute Gasteiger partial charge is 0.280 e. The molecule has 2 heterocycles. The Hall–Kier alpha value is -3.11. The first-order valence-electron chi connectivity index (χ1n) is 7.86. The quantitative estimate of drug-likeness (QED) is 0.689. The van der Waals surface area contributed by atoms with Crippen LogP contribution >= 0.6 is 11.6 Å². The summed E-state index contributed by atoms with van der Waals surface area (Å²) in [7, 11) is 0. The van der Waals surface area contributed by atoms with E-state index < -0.39 is 29.7 Å². The first-order chi connectivity index (χ1) is 13.3. The van der Waals surface area contributed by atoms with Crippen LogP contribution in [0.3, 0.4) is 0 Å². The Balaban J connectivity index is 1.91. The second-order valence-electron chi connectivity index (χ2n) is 5.64. The highest BCUT2D eigenvalue weighted by molar-refractivity contribution is 6.31. The van der Waals surface area contributed by atoms with E-state index in [1.54, 1.807) is 0 Å². The largest absolute Gasteiger partial charge is 0.471 e. The molecular formula is C17H13ClF2N4O4. The predicted octanol–water partition coefficient (Wildman–Crippen LogP) is 1.88. The molecule has 0 spiro atoms. The maximum absolute atomic E-state index is 13.7. The van der Waals surface area contributed by atoms with Crippen molar-refractivity contribution in [3.8, 4) is 11.6 Å². The first kappa shape index (κ1) is 19.6. The van der Waals surface area contributed by atoms with Crippen LogP contribution in [0.1, 0.15) is 16.2 Å².